The molecule has 0 spiro atoms. The maximum atomic E-state index is 11.2. The van der Waals surface area contributed by atoms with Gasteiger partial charge < -0.3 is 16.6 Å². The highest BCUT2D eigenvalue weighted by molar-refractivity contribution is 7.24. The first-order chi connectivity index (χ1) is 18.7. The fraction of sp³-hybridized carbons (Fsp3) is 0.258. The molecule has 2 heterocycles. The molecule has 1 atom stereocenters. The first kappa shape index (κ1) is 25.8. The number of amides is 1. The molecule has 1 amide bonds. The summed E-state index contributed by atoms with van der Waals surface area (Å²) in [7, 11) is 0. The van der Waals surface area contributed by atoms with Gasteiger partial charge in [-0.05, 0) is 48.8 Å². The summed E-state index contributed by atoms with van der Waals surface area (Å²) in [5.74, 6) is -0.136. The lowest BCUT2D eigenvalue weighted by Crippen LogP contribution is -2.64. The number of hydrogen-bond acceptors (Lipinski definition) is 7. The third-order valence-corrected chi connectivity index (χ3v) is 9.81. The fourth-order valence-corrected chi connectivity index (χ4v) is 7.78. The van der Waals surface area contributed by atoms with E-state index in [1.54, 1.807) is 22.7 Å². The van der Waals surface area contributed by atoms with Gasteiger partial charge in [0.2, 0.25) is 5.91 Å². The molecular weight excluding hydrogens is 525 g/mol. The average Bonchev–Trinajstić information content (AvgIpc) is 3.56. The number of allylic oxidation sites excluding steroid dienone is 3. The Balaban J connectivity index is 1.29. The van der Waals surface area contributed by atoms with E-state index in [1.807, 2.05) is 55.6 Å². The summed E-state index contributed by atoms with van der Waals surface area (Å²) in [6.45, 7) is 1.86. The summed E-state index contributed by atoms with van der Waals surface area (Å²) < 4.78 is 0. The molecule has 0 saturated heterocycles. The first-order valence-corrected chi connectivity index (χ1v) is 14.6. The zero-order valence-electron chi connectivity index (χ0n) is 21.6. The number of nitrogens with two attached hydrogens (primary N) is 2. The first-order valence-electron chi connectivity index (χ1n) is 13.0. The van der Waals surface area contributed by atoms with Gasteiger partial charge in [-0.25, -0.2) is 9.97 Å². The lowest BCUT2D eigenvalue weighted by molar-refractivity contribution is -0.117. The van der Waals surface area contributed by atoms with Crippen LogP contribution in [0.1, 0.15) is 37.4 Å². The molecule has 2 aliphatic carbocycles. The lowest BCUT2D eigenvalue weighted by atomic mass is 9.59. The Morgan fingerprint density at radius 1 is 1.05 bits per heavy atom. The Morgan fingerprint density at radius 2 is 1.79 bits per heavy atom. The Kier molecular flexibility index (Phi) is 6.59. The molecule has 6 nitrogen and oxygen atoms in total. The van der Waals surface area contributed by atoms with Crippen LogP contribution in [0.25, 0.3) is 36.5 Å². The number of primary amides is 1. The zero-order chi connectivity index (χ0) is 27.2. The molecule has 6 rings (SSSR count). The van der Waals surface area contributed by atoms with Crippen molar-refractivity contribution < 1.29 is 9.90 Å². The minimum absolute atomic E-state index is 0.207. The summed E-state index contributed by atoms with van der Waals surface area (Å²) >= 11 is 3.28. The number of hydrogen-bond donors (Lipinski definition) is 3. The van der Waals surface area contributed by atoms with Gasteiger partial charge in [-0.2, -0.15) is 0 Å². The number of aromatic nitrogens is 2. The van der Waals surface area contributed by atoms with Crippen LogP contribution in [0.3, 0.4) is 0 Å². The molecule has 1 fully saturated rings. The standard InChI is InChI=1S/C31H30N4O2S2/c1-30(37)17-31(33,18-30)23-13-11-20(12-14-23)26-27(21-5-3-2-4-6-21)39-29(35-26)24-16-34-28(38-24)22-9-7-19(8-10-22)15-25(32)36/h2-13,16,23,37H,14-15,17-18,33H2,1H3,(H2,32,36). The highest BCUT2D eigenvalue weighted by Gasteiger charge is 2.51. The normalized spacial score (nSPS) is 24.3. The molecule has 0 bridgehead atoms. The van der Waals surface area contributed by atoms with Crippen molar-refractivity contribution in [1.29, 1.82) is 0 Å². The van der Waals surface area contributed by atoms with E-state index in [0.717, 1.165) is 54.1 Å². The summed E-state index contributed by atoms with van der Waals surface area (Å²) in [4.78, 5) is 23.1. The minimum Gasteiger partial charge on any atom is -0.390 e. The van der Waals surface area contributed by atoms with Gasteiger partial charge in [-0.15, -0.1) is 22.7 Å². The maximum Gasteiger partial charge on any atom is 0.221 e. The van der Waals surface area contributed by atoms with Crippen molar-refractivity contribution in [3.05, 3.63) is 90.3 Å². The molecule has 1 unspecified atom stereocenters. The molecule has 0 radical (unpaired) electrons. The van der Waals surface area contributed by atoms with E-state index >= 15 is 0 Å². The van der Waals surface area contributed by atoms with Crippen molar-refractivity contribution in [2.45, 2.75) is 43.7 Å². The van der Waals surface area contributed by atoms with Crippen molar-refractivity contribution in [2.75, 3.05) is 0 Å². The van der Waals surface area contributed by atoms with Gasteiger partial charge in [0, 0.05) is 17.3 Å². The van der Waals surface area contributed by atoms with Gasteiger partial charge in [-0.1, -0.05) is 72.8 Å². The third kappa shape index (κ3) is 5.25. The van der Waals surface area contributed by atoms with E-state index in [4.69, 9.17) is 16.5 Å². The van der Waals surface area contributed by atoms with Crippen LogP contribution in [0.5, 0.6) is 0 Å². The zero-order valence-corrected chi connectivity index (χ0v) is 23.3. The molecule has 2 aromatic heterocycles. The van der Waals surface area contributed by atoms with Crippen LogP contribution in [0.15, 0.2) is 79.0 Å². The number of aliphatic hydroxyl groups is 1. The molecule has 0 aliphatic heterocycles. The van der Waals surface area contributed by atoms with Crippen LogP contribution in [0.2, 0.25) is 0 Å². The largest absolute Gasteiger partial charge is 0.390 e. The highest BCUT2D eigenvalue weighted by atomic mass is 32.1. The Hall–Kier alpha value is -3.43. The van der Waals surface area contributed by atoms with E-state index in [0.29, 0.717) is 12.8 Å². The van der Waals surface area contributed by atoms with Crippen LogP contribution in [-0.2, 0) is 11.2 Å². The van der Waals surface area contributed by atoms with E-state index in [2.05, 4.69) is 35.3 Å². The van der Waals surface area contributed by atoms with E-state index in [9.17, 15) is 9.90 Å². The number of benzene rings is 2. The van der Waals surface area contributed by atoms with Crippen LogP contribution in [0, 0.1) is 5.92 Å². The summed E-state index contributed by atoms with van der Waals surface area (Å²) in [5.41, 5.74) is 16.0. The maximum absolute atomic E-state index is 11.2. The van der Waals surface area contributed by atoms with Crippen LogP contribution >= 0.6 is 22.7 Å². The molecule has 8 heteroatoms. The van der Waals surface area contributed by atoms with Gasteiger partial charge in [0.15, 0.2) is 0 Å². The van der Waals surface area contributed by atoms with Gasteiger partial charge in [0.1, 0.15) is 10.0 Å². The van der Waals surface area contributed by atoms with Crippen LogP contribution in [0.4, 0.5) is 0 Å². The van der Waals surface area contributed by atoms with E-state index < -0.39 is 5.60 Å². The summed E-state index contributed by atoms with van der Waals surface area (Å²) in [5, 5.41) is 12.1. The number of carbonyl (C=O) groups excluding carboxylic acids is 1. The van der Waals surface area contributed by atoms with Gasteiger partial charge in [0.25, 0.3) is 0 Å². The topological polar surface area (TPSA) is 115 Å². The second-order valence-corrected chi connectivity index (χ2v) is 12.9. The Bertz CT molecular complexity index is 1570. The predicted molar refractivity (Wildman–Crippen MR) is 159 cm³/mol. The second kappa shape index (κ2) is 9.95. The number of nitrogens with zero attached hydrogens (tertiary/aromatic N) is 2. The lowest BCUT2D eigenvalue weighted by Gasteiger charge is -2.53. The molecule has 2 aliphatic rings. The molecule has 198 valence electrons. The number of thiazole rings is 2. The van der Waals surface area contributed by atoms with Crippen molar-refractivity contribution in [2.24, 2.45) is 17.4 Å². The molecule has 1 saturated carbocycles. The molecule has 5 N–H and O–H groups in total. The minimum atomic E-state index is -0.657. The third-order valence-electron chi connectivity index (χ3n) is 7.49. The molecule has 39 heavy (non-hydrogen) atoms. The van der Waals surface area contributed by atoms with Gasteiger partial charge in [-0.3, -0.25) is 4.79 Å². The fourth-order valence-electron chi connectivity index (χ4n) is 5.73. The number of rotatable bonds is 7. The predicted octanol–water partition coefficient (Wildman–Crippen LogP) is 5.83. The smallest absolute Gasteiger partial charge is 0.221 e. The van der Waals surface area contributed by atoms with Crippen molar-refractivity contribution in [3.8, 4) is 30.9 Å². The Labute approximate surface area is 235 Å². The van der Waals surface area contributed by atoms with Crippen molar-refractivity contribution in [3.63, 3.8) is 0 Å². The quantitative estimate of drug-likeness (QED) is 0.266. The second-order valence-electron chi connectivity index (χ2n) is 10.9. The summed E-state index contributed by atoms with van der Waals surface area (Å²) in [6.07, 6.45) is 10.8. The van der Waals surface area contributed by atoms with Crippen LogP contribution < -0.4 is 11.5 Å². The average molecular weight is 555 g/mol. The summed E-state index contributed by atoms with van der Waals surface area (Å²) in [6, 6.07) is 18.1. The van der Waals surface area contributed by atoms with Gasteiger partial charge >= 0.3 is 0 Å². The van der Waals surface area contributed by atoms with Crippen molar-refractivity contribution in [1.82, 2.24) is 9.97 Å². The SMILES string of the molecule is CC1(O)CC(N)(C2C=CC(c3nc(-c4cnc(-c5ccc(CC(N)=O)cc5)s4)sc3-c3ccccc3)=CC2)C1. The van der Waals surface area contributed by atoms with E-state index in [1.165, 1.54) is 0 Å². The molecular formula is C31H30N4O2S2. The number of carbonyl (C=O) groups is 1. The molecule has 2 aromatic carbocycles. The van der Waals surface area contributed by atoms with Crippen LogP contribution in [-0.4, -0.2) is 32.1 Å². The monoisotopic (exact) mass is 554 g/mol. The molecule has 4 aromatic rings. The Morgan fingerprint density at radius 3 is 2.44 bits per heavy atom. The van der Waals surface area contributed by atoms with Gasteiger partial charge in [0.05, 0.1) is 27.5 Å². The van der Waals surface area contributed by atoms with E-state index in [-0.39, 0.29) is 23.8 Å². The highest BCUT2D eigenvalue weighted by Crippen LogP contribution is 2.48. The van der Waals surface area contributed by atoms with Crippen molar-refractivity contribution >= 4 is 34.2 Å².